The van der Waals surface area contributed by atoms with E-state index in [-0.39, 0.29) is 5.75 Å². The Kier molecular flexibility index (Phi) is 2.89. The van der Waals surface area contributed by atoms with Gasteiger partial charge in [0.2, 0.25) is 5.82 Å². The molecule has 0 aliphatic rings. The summed E-state index contributed by atoms with van der Waals surface area (Å²) in [5, 5.41) is 15.3. The maximum Gasteiger partial charge on any atom is 0.272 e. The van der Waals surface area contributed by atoms with Crippen LogP contribution in [0.25, 0.3) is 22.2 Å². The smallest absolute Gasteiger partial charge is 0.272 e. The maximum atomic E-state index is 9.60. The minimum absolute atomic E-state index is 0.158. The molecule has 6 heteroatoms. The average molecular weight is 323 g/mol. The molecular formula is C12H7BrN2O2S. The normalized spacial score (nSPS) is 10.7. The summed E-state index contributed by atoms with van der Waals surface area (Å²) < 4.78 is 6.14. The van der Waals surface area contributed by atoms with Crippen LogP contribution in [-0.4, -0.2) is 15.2 Å². The van der Waals surface area contributed by atoms with Gasteiger partial charge in [-0.2, -0.15) is 4.98 Å². The molecule has 0 atom stereocenters. The second-order valence-corrected chi connectivity index (χ2v) is 5.40. The molecule has 0 fully saturated rings. The first-order valence-electron chi connectivity index (χ1n) is 5.10. The quantitative estimate of drug-likeness (QED) is 0.776. The minimum Gasteiger partial charge on any atom is -0.506 e. The van der Waals surface area contributed by atoms with Gasteiger partial charge in [-0.15, -0.1) is 11.3 Å². The van der Waals surface area contributed by atoms with Crippen molar-refractivity contribution >= 4 is 27.3 Å². The van der Waals surface area contributed by atoms with Crippen LogP contribution in [-0.2, 0) is 0 Å². The first-order valence-corrected chi connectivity index (χ1v) is 6.78. The summed E-state index contributed by atoms with van der Waals surface area (Å²) in [5.41, 5.74) is 0.865. The van der Waals surface area contributed by atoms with Crippen LogP contribution in [0.15, 0.2) is 44.7 Å². The number of hydrogen-bond acceptors (Lipinski definition) is 5. The second-order valence-electron chi connectivity index (χ2n) is 3.56. The van der Waals surface area contributed by atoms with Crippen LogP contribution in [0.3, 0.4) is 0 Å². The average Bonchev–Trinajstić information content (AvgIpc) is 2.98. The van der Waals surface area contributed by atoms with Crippen LogP contribution >= 0.6 is 27.3 Å². The summed E-state index contributed by atoms with van der Waals surface area (Å²) in [4.78, 5) is 4.86. The van der Waals surface area contributed by atoms with Crippen LogP contribution in [0.5, 0.6) is 5.75 Å². The van der Waals surface area contributed by atoms with Crippen LogP contribution in [0, 0.1) is 0 Å². The fraction of sp³-hybridized carbons (Fsp3) is 0. The van der Waals surface area contributed by atoms with Gasteiger partial charge in [-0.05, 0) is 35.7 Å². The van der Waals surface area contributed by atoms with E-state index in [0.717, 1.165) is 10.0 Å². The highest BCUT2D eigenvalue weighted by molar-refractivity contribution is 9.10. The number of hydrogen-bond donors (Lipinski definition) is 1. The summed E-state index contributed by atoms with van der Waals surface area (Å²) in [6.45, 7) is 0. The maximum absolute atomic E-state index is 9.60. The number of aromatic nitrogens is 2. The molecule has 0 saturated carbocycles. The highest BCUT2D eigenvalue weighted by atomic mass is 79.9. The Morgan fingerprint density at radius 1 is 1.17 bits per heavy atom. The summed E-state index contributed by atoms with van der Waals surface area (Å²) in [7, 11) is 0. The molecule has 2 heterocycles. The van der Waals surface area contributed by atoms with Crippen molar-refractivity contribution in [3.05, 3.63) is 40.2 Å². The van der Waals surface area contributed by atoms with E-state index in [4.69, 9.17) is 4.52 Å². The lowest BCUT2D eigenvalue weighted by Gasteiger charge is -1.93. The molecule has 0 radical (unpaired) electrons. The van der Waals surface area contributed by atoms with E-state index in [9.17, 15) is 5.11 Å². The minimum atomic E-state index is 0.158. The molecule has 1 N–H and O–H groups in total. The van der Waals surface area contributed by atoms with Crippen LogP contribution in [0.4, 0.5) is 0 Å². The molecule has 90 valence electrons. The summed E-state index contributed by atoms with van der Waals surface area (Å²) in [5.74, 6) is 0.997. The Bertz CT molecular complexity index is 675. The lowest BCUT2D eigenvalue weighted by Crippen LogP contribution is -1.79. The van der Waals surface area contributed by atoms with Gasteiger partial charge in [0.15, 0.2) is 0 Å². The van der Waals surface area contributed by atoms with Gasteiger partial charge in [-0.1, -0.05) is 21.1 Å². The predicted octanol–water partition coefficient (Wildman–Crippen LogP) is 3.93. The molecule has 0 saturated heterocycles. The van der Waals surface area contributed by atoms with E-state index in [1.807, 2.05) is 24.3 Å². The molecule has 4 nitrogen and oxygen atoms in total. The van der Waals surface area contributed by atoms with Gasteiger partial charge >= 0.3 is 0 Å². The molecule has 0 aliphatic heterocycles. The monoisotopic (exact) mass is 322 g/mol. The molecule has 3 aromatic rings. The van der Waals surface area contributed by atoms with Crippen molar-refractivity contribution in [3.63, 3.8) is 0 Å². The van der Waals surface area contributed by atoms with Crippen molar-refractivity contribution in [2.45, 2.75) is 0 Å². The van der Waals surface area contributed by atoms with E-state index in [1.54, 1.807) is 11.4 Å². The third kappa shape index (κ3) is 2.04. The fourth-order valence-electron chi connectivity index (χ4n) is 1.49. The van der Waals surface area contributed by atoms with Gasteiger partial charge in [-0.25, -0.2) is 0 Å². The number of thiophene rings is 1. The van der Waals surface area contributed by atoms with Crippen molar-refractivity contribution in [1.29, 1.82) is 0 Å². The Balaban J connectivity index is 1.99. The second kappa shape index (κ2) is 4.55. The zero-order valence-corrected chi connectivity index (χ0v) is 11.4. The summed E-state index contributed by atoms with van der Waals surface area (Å²) in [6.07, 6.45) is 0. The first kappa shape index (κ1) is 11.4. The molecule has 18 heavy (non-hydrogen) atoms. The number of nitrogens with zero attached hydrogens (tertiary/aromatic N) is 2. The molecule has 0 bridgehead atoms. The summed E-state index contributed by atoms with van der Waals surface area (Å²) >= 11 is 4.73. The Hall–Kier alpha value is -1.66. The van der Waals surface area contributed by atoms with E-state index < -0.39 is 0 Å². The van der Waals surface area contributed by atoms with Crippen LogP contribution in [0.1, 0.15) is 0 Å². The van der Waals surface area contributed by atoms with E-state index in [0.29, 0.717) is 16.6 Å². The first-order chi connectivity index (χ1) is 8.74. The highest BCUT2D eigenvalue weighted by Gasteiger charge is 2.14. The molecule has 2 aromatic heterocycles. The van der Waals surface area contributed by atoms with E-state index in [1.165, 1.54) is 11.3 Å². The summed E-state index contributed by atoms with van der Waals surface area (Å²) in [6, 6.07) is 9.21. The third-order valence-corrected chi connectivity index (χ3v) is 3.79. The topological polar surface area (TPSA) is 59.2 Å². The SMILES string of the molecule is Oc1ccsc1-c1nc(-c2ccc(Br)cc2)no1. The van der Waals surface area contributed by atoms with Crippen LogP contribution < -0.4 is 0 Å². The number of rotatable bonds is 2. The molecule has 1 aromatic carbocycles. The van der Waals surface area contributed by atoms with E-state index in [2.05, 4.69) is 26.1 Å². The van der Waals surface area contributed by atoms with Gasteiger partial charge < -0.3 is 9.63 Å². The zero-order valence-electron chi connectivity index (χ0n) is 9.00. The Morgan fingerprint density at radius 2 is 1.94 bits per heavy atom. The third-order valence-electron chi connectivity index (χ3n) is 2.37. The van der Waals surface area contributed by atoms with Gasteiger partial charge in [0.1, 0.15) is 10.6 Å². The standard InChI is InChI=1S/C12H7BrN2O2S/c13-8-3-1-7(2-4-8)11-14-12(17-15-11)10-9(16)5-6-18-10/h1-6,16H. The molecule has 3 rings (SSSR count). The van der Waals surface area contributed by atoms with Gasteiger partial charge in [0.05, 0.1) is 0 Å². The fourth-order valence-corrected chi connectivity index (χ4v) is 2.46. The molecule has 0 unspecified atom stereocenters. The van der Waals surface area contributed by atoms with Crippen molar-refractivity contribution < 1.29 is 9.63 Å². The van der Waals surface area contributed by atoms with Gasteiger partial charge in [0.25, 0.3) is 5.89 Å². The number of benzene rings is 1. The largest absolute Gasteiger partial charge is 0.506 e. The van der Waals surface area contributed by atoms with E-state index >= 15 is 0 Å². The van der Waals surface area contributed by atoms with Gasteiger partial charge in [-0.3, -0.25) is 0 Å². The zero-order chi connectivity index (χ0) is 12.5. The van der Waals surface area contributed by atoms with Crippen molar-refractivity contribution in [2.75, 3.05) is 0 Å². The Morgan fingerprint density at radius 3 is 2.61 bits per heavy atom. The lowest BCUT2D eigenvalue weighted by atomic mass is 10.2. The van der Waals surface area contributed by atoms with Crippen molar-refractivity contribution in [2.24, 2.45) is 0 Å². The van der Waals surface area contributed by atoms with Crippen molar-refractivity contribution in [1.82, 2.24) is 10.1 Å². The number of aromatic hydroxyl groups is 1. The predicted molar refractivity (Wildman–Crippen MR) is 72.4 cm³/mol. The number of halogens is 1. The van der Waals surface area contributed by atoms with Gasteiger partial charge in [0, 0.05) is 10.0 Å². The Labute approximate surface area is 115 Å². The lowest BCUT2D eigenvalue weighted by molar-refractivity contribution is 0.427. The van der Waals surface area contributed by atoms with Crippen molar-refractivity contribution in [3.8, 4) is 27.9 Å². The highest BCUT2D eigenvalue weighted by Crippen LogP contribution is 2.34. The molecule has 0 amide bonds. The van der Waals surface area contributed by atoms with Crippen LogP contribution in [0.2, 0.25) is 0 Å². The molecule has 0 aliphatic carbocycles. The molecule has 0 spiro atoms. The molecular weight excluding hydrogens is 316 g/mol.